The van der Waals surface area contributed by atoms with E-state index in [2.05, 4.69) is 25.1 Å². The van der Waals surface area contributed by atoms with Crippen LogP contribution in [0.3, 0.4) is 0 Å². The minimum Gasteiger partial charge on any atom is -0.492 e. The van der Waals surface area contributed by atoms with Crippen molar-refractivity contribution in [1.82, 2.24) is 0 Å². The quantitative estimate of drug-likeness (QED) is 0.719. The predicted octanol–water partition coefficient (Wildman–Crippen LogP) is 3.54. The first-order chi connectivity index (χ1) is 12.1. The summed E-state index contributed by atoms with van der Waals surface area (Å²) in [5, 5.41) is 0. The summed E-state index contributed by atoms with van der Waals surface area (Å²) in [6, 6.07) is 14.1. The molecule has 0 aromatic heterocycles. The van der Waals surface area contributed by atoms with Gasteiger partial charge in [0.15, 0.2) is 13.6 Å². The Balaban J connectivity index is 1.74. The maximum absolute atomic E-state index is 6.04. The molecule has 0 fully saturated rings. The molecule has 1 atom stereocenters. The molecule has 0 bridgehead atoms. The summed E-state index contributed by atoms with van der Waals surface area (Å²) < 4.78 is 26.8. The number of hydrogen-bond donors (Lipinski definition) is 0. The van der Waals surface area contributed by atoms with Crippen LogP contribution in [0.1, 0.15) is 18.1 Å². The maximum atomic E-state index is 6.04. The van der Waals surface area contributed by atoms with E-state index in [1.54, 1.807) is 14.2 Å². The second-order valence-corrected chi connectivity index (χ2v) is 6.42. The highest BCUT2D eigenvalue weighted by Gasteiger charge is 2.33. The van der Waals surface area contributed by atoms with Gasteiger partial charge in [0.2, 0.25) is 0 Å². The molecule has 1 aliphatic heterocycles. The molecule has 2 aromatic rings. The van der Waals surface area contributed by atoms with Crippen molar-refractivity contribution in [3.8, 4) is 17.2 Å². The summed E-state index contributed by atoms with van der Waals surface area (Å²) in [7, 11) is 3.21. The Hall–Kier alpha value is -2.24. The molecule has 3 rings (SSSR count). The van der Waals surface area contributed by atoms with Crippen LogP contribution in [0.15, 0.2) is 42.5 Å². The van der Waals surface area contributed by atoms with E-state index >= 15 is 0 Å². The van der Waals surface area contributed by atoms with E-state index in [1.807, 2.05) is 24.3 Å². The van der Waals surface area contributed by atoms with Gasteiger partial charge in [-0.3, -0.25) is 0 Å². The second kappa shape index (κ2) is 7.76. The average Bonchev–Trinajstić information content (AvgIpc) is 2.65. The zero-order valence-electron chi connectivity index (χ0n) is 14.9. The molecule has 0 aliphatic carbocycles. The third-order valence-corrected chi connectivity index (χ3v) is 4.40. The maximum Gasteiger partial charge on any atom is 0.188 e. The lowest BCUT2D eigenvalue weighted by atomic mass is 9.76. The van der Waals surface area contributed by atoms with Gasteiger partial charge in [0.05, 0.1) is 6.61 Å². The fourth-order valence-corrected chi connectivity index (χ4v) is 3.01. The van der Waals surface area contributed by atoms with E-state index in [9.17, 15) is 0 Å². The van der Waals surface area contributed by atoms with Gasteiger partial charge in [0, 0.05) is 25.7 Å². The largest absolute Gasteiger partial charge is 0.492 e. The van der Waals surface area contributed by atoms with Gasteiger partial charge in [-0.15, -0.1) is 0 Å². The SMILES string of the molecule is COCOc1ccc(C2(C)COc3cc(OCOC)ccc3C2)cc1. The number of rotatable bonds is 7. The van der Waals surface area contributed by atoms with Crippen LogP contribution in [0.5, 0.6) is 17.2 Å². The van der Waals surface area contributed by atoms with Crippen LogP contribution in [0.2, 0.25) is 0 Å². The summed E-state index contributed by atoms with van der Waals surface area (Å²) in [6.45, 7) is 3.32. The van der Waals surface area contributed by atoms with Crippen LogP contribution in [0, 0.1) is 0 Å². The molecule has 5 heteroatoms. The predicted molar refractivity (Wildman–Crippen MR) is 94.4 cm³/mol. The molecule has 0 saturated carbocycles. The van der Waals surface area contributed by atoms with Crippen LogP contribution >= 0.6 is 0 Å². The van der Waals surface area contributed by atoms with Gasteiger partial charge in [-0.05, 0) is 35.7 Å². The third-order valence-electron chi connectivity index (χ3n) is 4.40. The van der Waals surface area contributed by atoms with Crippen molar-refractivity contribution in [3.05, 3.63) is 53.6 Å². The Kier molecular flexibility index (Phi) is 5.46. The lowest BCUT2D eigenvalue weighted by Gasteiger charge is -2.35. The van der Waals surface area contributed by atoms with Gasteiger partial charge in [-0.1, -0.05) is 25.1 Å². The Bertz CT molecular complexity index is 698. The van der Waals surface area contributed by atoms with E-state index < -0.39 is 0 Å². The Morgan fingerprint density at radius 3 is 2.24 bits per heavy atom. The van der Waals surface area contributed by atoms with Crippen LogP contribution in [-0.4, -0.2) is 34.4 Å². The zero-order chi connectivity index (χ0) is 17.7. The highest BCUT2D eigenvalue weighted by Crippen LogP contribution is 2.39. The number of ether oxygens (including phenoxy) is 5. The van der Waals surface area contributed by atoms with E-state index in [4.69, 9.17) is 23.7 Å². The Morgan fingerprint density at radius 1 is 0.920 bits per heavy atom. The van der Waals surface area contributed by atoms with Crippen molar-refractivity contribution in [3.63, 3.8) is 0 Å². The molecule has 1 heterocycles. The summed E-state index contributed by atoms with van der Waals surface area (Å²) in [4.78, 5) is 0. The molecule has 134 valence electrons. The van der Waals surface area contributed by atoms with Crippen molar-refractivity contribution in [2.45, 2.75) is 18.8 Å². The number of fused-ring (bicyclic) bond motifs is 1. The lowest BCUT2D eigenvalue weighted by Crippen LogP contribution is -2.36. The monoisotopic (exact) mass is 344 g/mol. The smallest absolute Gasteiger partial charge is 0.188 e. The summed E-state index contributed by atoms with van der Waals surface area (Å²) in [5.74, 6) is 2.43. The van der Waals surface area contributed by atoms with Crippen LogP contribution in [0.25, 0.3) is 0 Å². The molecule has 0 radical (unpaired) electrons. The topological polar surface area (TPSA) is 46.2 Å². The minimum absolute atomic E-state index is 0.0817. The van der Waals surface area contributed by atoms with E-state index in [0.717, 1.165) is 23.7 Å². The molecule has 25 heavy (non-hydrogen) atoms. The number of methoxy groups -OCH3 is 2. The molecular weight excluding hydrogens is 320 g/mol. The molecule has 0 N–H and O–H groups in total. The van der Waals surface area contributed by atoms with E-state index in [-0.39, 0.29) is 19.0 Å². The van der Waals surface area contributed by atoms with Gasteiger partial charge >= 0.3 is 0 Å². The highest BCUT2D eigenvalue weighted by atomic mass is 16.7. The molecule has 2 aromatic carbocycles. The van der Waals surface area contributed by atoms with Crippen LogP contribution < -0.4 is 14.2 Å². The van der Waals surface area contributed by atoms with Gasteiger partial charge in [-0.25, -0.2) is 0 Å². The molecule has 1 unspecified atom stereocenters. The highest BCUT2D eigenvalue weighted by molar-refractivity contribution is 5.45. The van der Waals surface area contributed by atoms with E-state index in [1.165, 1.54) is 11.1 Å². The molecule has 5 nitrogen and oxygen atoms in total. The first-order valence-electron chi connectivity index (χ1n) is 8.24. The molecule has 0 saturated heterocycles. The normalized spacial score (nSPS) is 19.0. The van der Waals surface area contributed by atoms with Crippen molar-refractivity contribution in [1.29, 1.82) is 0 Å². The fourth-order valence-electron chi connectivity index (χ4n) is 3.01. The molecule has 1 aliphatic rings. The van der Waals surface area contributed by atoms with E-state index in [0.29, 0.717) is 6.61 Å². The van der Waals surface area contributed by atoms with Gasteiger partial charge in [0.1, 0.15) is 17.2 Å². The van der Waals surface area contributed by atoms with Crippen molar-refractivity contribution in [2.24, 2.45) is 0 Å². The van der Waals surface area contributed by atoms with Gasteiger partial charge in [0.25, 0.3) is 0 Å². The standard InChI is InChI=1S/C20H24O5/c1-20(16-5-8-17(9-6-16)24-13-21-2)11-15-4-7-18(25-14-22-3)10-19(15)23-12-20/h4-10H,11-14H2,1-3H3. The van der Waals surface area contributed by atoms with Crippen LogP contribution in [0.4, 0.5) is 0 Å². The number of hydrogen-bond acceptors (Lipinski definition) is 5. The average molecular weight is 344 g/mol. The molecule has 0 amide bonds. The summed E-state index contributed by atoms with van der Waals surface area (Å²) in [5.41, 5.74) is 2.32. The summed E-state index contributed by atoms with van der Waals surface area (Å²) in [6.07, 6.45) is 0.908. The minimum atomic E-state index is -0.0817. The first kappa shape index (κ1) is 17.6. The Labute approximate surface area is 148 Å². The van der Waals surface area contributed by atoms with Crippen molar-refractivity contribution in [2.75, 3.05) is 34.4 Å². The van der Waals surface area contributed by atoms with Gasteiger partial charge < -0.3 is 23.7 Å². The summed E-state index contributed by atoms with van der Waals surface area (Å²) >= 11 is 0. The zero-order valence-corrected chi connectivity index (χ0v) is 14.9. The molecule has 0 spiro atoms. The number of benzene rings is 2. The lowest BCUT2D eigenvalue weighted by molar-refractivity contribution is 0.0506. The van der Waals surface area contributed by atoms with Crippen molar-refractivity contribution >= 4 is 0 Å². The first-order valence-corrected chi connectivity index (χ1v) is 8.24. The fraction of sp³-hybridized carbons (Fsp3) is 0.400. The third kappa shape index (κ3) is 4.06. The molecular formula is C20H24O5. The van der Waals surface area contributed by atoms with Crippen LogP contribution in [-0.2, 0) is 21.3 Å². The second-order valence-electron chi connectivity index (χ2n) is 6.42. The Morgan fingerprint density at radius 2 is 1.56 bits per heavy atom. The van der Waals surface area contributed by atoms with Gasteiger partial charge in [-0.2, -0.15) is 0 Å². The van der Waals surface area contributed by atoms with Crippen molar-refractivity contribution < 1.29 is 23.7 Å².